The van der Waals surface area contributed by atoms with Crippen molar-refractivity contribution in [2.75, 3.05) is 6.79 Å². The lowest BCUT2D eigenvalue weighted by Gasteiger charge is -2.14. The molecule has 0 saturated carbocycles. The molecule has 0 fully saturated rings. The van der Waals surface area contributed by atoms with Gasteiger partial charge in [0, 0.05) is 11.5 Å². The molecular weight excluding hydrogens is 204 g/mol. The highest BCUT2D eigenvalue weighted by Crippen LogP contribution is 2.43. The topological polar surface area (TPSA) is 35.5 Å². The lowest BCUT2D eigenvalue weighted by molar-refractivity contribution is -0.118. The van der Waals surface area contributed by atoms with Gasteiger partial charge in [-0.2, -0.15) is 0 Å². The van der Waals surface area contributed by atoms with E-state index in [1.807, 2.05) is 26.8 Å². The maximum Gasteiger partial charge on any atom is 0.231 e. The largest absolute Gasteiger partial charge is 0.453 e. The van der Waals surface area contributed by atoms with Gasteiger partial charge < -0.3 is 9.47 Å². The standard InChI is InChI=1S/C13H16O3/c1-7-5-11(9(3)10(4)14)13-12(8(7)2)15-6-16-13/h5,9H,6H2,1-4H3. The van der Waals surface area contributed by atoms with Crippen LogP contribution < -0.4 is 9.47 Å². The molecule has 1 aliphatic heterocycles. The van der Waals surface area contributed by atoms with Crippen LogP contribution in [0.3, 0.4) is 0 Å². The summed E-state index contributed by atoms with van der Waals surface area (Å²) in [7, 11) is 0. The van der Waals surface area contributed by atoms with E-state index in [-0.39, 0.29) is 18.5 Å². The van der Waals surface area contributed by atoms with Gasteiger partial charge in [-0.25, -0.2) is 0 Å². The van der Waals surface area contributed by atoms with Gasteiger partial charge in [-0.1, -0.05) is 13.0 Å². The number of carbonyl (C=O) groups is 1. The van der Waals surface area contributed by atoms with E-state index < -0.39 is 0 Å². The van der Waals surface area contributed by atoms with Gasteiger partial charge in [0.2, 0.25) is 6.79 Å². The lowest BCUT2D eigenvalue weighted by atomic mass is 9.92. The third-order valence-electron chi connectivity index (χ3n) is 3.26. The fourth-order valence-corrected chi connectivity index (χ4v) is 1.90. The van der Waals surface area contributed by atoms with Crippen LogP contribution in [0.25, 0.3) is 0 Å². The Morgan fingerprint density at radius 2 is 1.94 bits per heavy atom. The van der Waals surface area contributed by atoms with Crippen molar-refractivity contribution < 1.29 is 14.3 Å². The van der Waals surface area contributed by atoms with Crippen LogP contribution in [0.5, 0.6) is 11.5 Å². The maximum atomic E-state index is 11.4. The highest BCUT2D eigenvalue weighted by Gasteiger charge is 2.26. The molecule has 1 aromatic rings. The number of aryl methyl sites for hydroxylation is 1. The minimum absolute atomic E-state index is 0.140. The molecule has 1 heterocycles. The molecule has 0 spiro atoms. The van der Waals surface area contributed by atoms with Crippen LogP contribution in [0.2, 0.25) is 0 Å². The van der Waals surface area contributed by atoms with Crippen LogP contribution in [-0.2, 0) is 4.79 Å². The van der Waals surface area contributed by atoms with Crippen molar-refractivity contribution in [2.45, 2.75) is 33.6 Å². The summed E-state index contributed by atoms with van der Waals surface area (Å²) >= 11 is 0. The van der Waals surface area contributed by atoms with Crippen molar-refractivity contribution in [3.05, 3.63) is 22.8 Å². The summed E-state index contributed by atoms with van der Waals surface area (Å²) in [6.07, 6.45) is 0. The van der Waals surface area contributed by atoms with E-state index in [2.05, 4.69) is 0 Å². The molecule has 0 aliphatic carbocycles. The van der Waals surface area contributed by atoms with Crippen molar-refractivity contribution >= 4 is 5.78 Å². The molecule has 1 atom stereocenters. The number of rotatable bonds is 2. The zero-order valence-corrected chi connectivity index (χ0v) is 10.1. The number of carbonyl (C=O) groups excluding carboxylic acids is 1. The molecule has 3 nitrogen and oxygen atoms in total. The molecule has 1 aromatic carbocycles. The summed E-state index contributed by atoms with van der Waals surface area (Å²) in [5, 5.41) is 0. The second-order valence-corrected chi connectivity index (χ2v) is 4.30. The summed E-state index contributed by atoms with van der Waals surface area (Å²) in [4.78, 5) is 11.4. The Balaban J connectivity index is 2.59. The van der Waals surface area contributed by atoms with Gasteiger partial charge in [-0.05, 0) is 31.9 Å². The Morgan fingerprint density at radius 1 is 1.31 bits per heavy atom. The van der Waals surface area contributed by atoms with E-state index in [0.29, 0.717) is 0 Å². The van der Waals surface area contributed by atoms with Gasteiger partial charge in [0.15, 0.2) is 11.5 Å². The molecule has 3 heteroatoms. The highest BCUT2D eigenvalue weighted by atomic mass is 16.7. The molecule has 86 valence electrons. The van der Waals surface area contributed by atoms with E-state index >= 15 is 0 Å². The Hall–Kier alpha value is -1.51. The van der Waals surface area contributed by atoms with Crippen LogP contribution in [0, 0.1) is 13.8 Å². The molecular formula is C13H16O3. The fourth-order valence-electron chi connectivity index (χ4n) is 1.90. The van der Waals surface area contributed by atoms with E-state index in [4.69, 9.17) is 9.47 Å². The van der Waals surface area contributed by atoms with E-state index in [1.165, 1.54) is 0 Å². The van der Waals surface area contributed by atoms with E-state index in [9.17, 15) is 4.79 Å². The molecule has 2 rings (SSSR count). The first kappa shape index (κ1) is 11.0. The Morgan fingerprint density at radius 3 is 2.56 bits per heavy atom. The number of ketones is 1. The molecule has 0 amide bonds. The monoisotopic (exact) mass is 220 g/mol. The summed E-state index contributed by atoms with van der Waals surface area (Å²) in [6, 6.07) is 2.02. The number of ether oxygens (including phenoxy) is 2. The van der Waals surface area contributed by atoms with E-state index in [1.54, 1.807) is 6.92 Å². The number of Topliss-reactive ketones (excluding diaryl/α,β-unsaturated/α-hetero) is 1. The normalized spacial score (nSPS) is 15.0. The Bertz CT molecular complexity index is 449. The number of fused-ring (bicyclic) bond motifs is 1. The number of hydrogen-bond donors (Lipinski definition) is 0. The first-order chi connectivity index (χ1) is 7.52. The molecule has 0 aromatic heterocycles. The third kappa shape index (κ3) is 1.56. The number of benzene rings is 1. The first-order valence-electron chi connectivity index (χ1n) is 5.42. The zero-order chi connectivity index (χ0) is 11.9. The summed E-state index contributed by atoms with van der Waals surface area (Å²) in [6.45, 7) is 7.77. The summed E-state index contributed by atoms with van der Waals surface area (Å²) in [5.41, 5.74) is 3.16. The SMILES string of the molecule is CC(=O)C(C)c1cc(C)c(C)c2c1OCO2. The molecule has 1 aliphatic rings. The van der Waals surface area contributed by atoms with Gasteiger partial charge in [0.1, 0.15) is 5.78 Å². The van der Waals surface area contributed by atoms with Crippen LogP contribution in [0.4, 0.5) is 0 Å². The van der Waals surface area contributed by atoms with E-state index in [0.717, 1.165) is 28.2 Å². The van der Waals surface area contributed by atoms with Crippen LogP contribution in [-0.4, -0.2) is 12.6 Å². The van der Waals surface area contributed by atoms with Crippen LogP contribution >= 0.6 is 0 Å². The molecule has 0 bridgehead atoms. The van der Waals surface area contributed by atoms with Crippen LogP contribution in [0.1, 0.15) is 36.5 Å². The van der Waals surface area contributed by atoms with Crippen LogP contribution in [0.15, 0.2) is 6.07 Å². The first-order valence-corrected chi connectivity index (χ1v) is 5.42. The maximum absolute atomic E-state index is 11.4. The molecule has 0 radical (unpaired) electrons. The Kier molecular flexibility index (Phi) is 2.62. The average Bonchev–Trinajstić information content (AvgIpc) is 2.71. The highest BCUT2D eigenvalue weighted by molar-refractivity contribution is 5.84. The van der Waals surface area contributed by atoms with Gasteiger partial charge in [-0.3, -0.25) is 4.79 Å². The van der Waals surface area contributed by atoms with Crippen molar-refractivity contribution in [2.24, 2.45) is 0 Å². The van der Waals surface area contributed by atoms with Gasteiger partial charge in [0.05, 0.1) is 0 Å². The third-order valence-corrected chi connectivity index (χ3v) is 3.26. The Labute approximate surface area is 95.4 Å². The summed E-state index contributed by atoms with van der Waals surface area (Å²) < 4.78 is 10.9. The molecule has 0 N–H and O–H groups in total. The minimum Gasteiger partial charge on any atom is -0.453 e. The zero-order valence-electron chi connectivity index (χ0n) is 10.1. The second kappa shape index (κ2) is 3.81. The average molecular weight is 220 g/mol. The molecule has 0 saturated heterocycles. The molecule has 16 heavy (non-hydrogen) atoms. The fraction of sp³-hybridized carbons (Fsp3) is 0.462. The van der Waals surface area contributed by atoms with Crippen molar-refractivity contribution in [3.63, 3.8) is 0 Å². The predicted octanol–water partition coefficient (Wildman–Crippen LogP) is 2.72. The predicted molar refractivity (Wildman–Crippen MR) is 61.1 cm³/mol. The molecule has 1 unspecified atom stereocenters. The quantitative estimate of drug-likeness (QED) is 0.768. The van der Waals surface area contributed by atoms with Crippen molar-refractivity contribution in [1.29, 1.82) is 0 Å². The minimum atomic E-state index is -0.144. The van der Waals surface area contributed by atoms with Crippen molar-refractivity contribution in [1.82, 2.24) is 0 Å². The van der Waals surface area contributed by atoms with Crippen molar-refractivity contribution in [3.8, 4) is 11.5 Å². The van der Waals surface area contributed by atoms with Gasteiger partial charge in [0.25, 0.3) is 0 Å². The van der Waals surface area contributed by atoms with Gasteiger partial charge >= 0.3 is 0 Å². The van der Waals surface area contributed by atoms with Gasteiger partial charge in [-0.15, -0.1) is 0 Å². The smallest absolute Gasteiger partial charge is 0.231 e. The summed E-state index contributed by atoms with van der Waals surface area (Å²) in [5.74, 6) is 1.53. The second-order valence-electron chi connectivity index (χ2n) is 4.30. The lowest BCUT2D eigenvalue weighted by Crippen LogP contribution is -2.06. The number of hydrogen-bond acceptors (Lipinski definition) is 3.